The van der Waals surface area contributed by atoms with Crippen LogP contribution in [0.3, 0.4) is 0 Å². The number of aliphatic hydroxyl groups excluding tert-OH is 1. The Morgan fingerprint density at radius 2 is 1.57 bits per heavy atom. The number of ketones is 1. The maximum Gasteiger partial charge on any atom is 0.164 e. The van der Waals surface area contributed by atoms with Gasteiger partial charge in [-0.3, -0.25) is 14.8 Å². The van der Waals surface area contributed by atoms with Crippen LogP contribution in [0.5, 0.6) is 0 Å². The van der Waals surface area contributed by atoms with Crippen molar-refractivity contribution < 1.29 is 34.4 Å². The van der Waals surface area contributed by atoms with Crippen LogP contribution in [-0.2, 0) is 30.3 Å². The van der Waals surface area contributed by atoms with Crippen molar-refractivity contribution in [1.82, 2.24) is 9.97 Å². The minimum Gasteiger partial charge on any atom is -0.512 e. The van der Waals surface area contributed by atoms with Crippen molar-refractivity contribution in [3.63, 3.8) is 0 Å². The number of carbonyl (C=O) groups is 1. The molecule has 1 radical (unpaired) electrons. The molecule has 0 spiro atoms. The van der Waals surface area contributed by atoms with E-state index in [9.17, 15) is 9.90 Å². The zero-order valence-electron chi connectivity index (χ0n) is 28.2. The molecule has 6 rings (SSSR count). The van der Waals surface area contributed by atoms with Gasteiger partial charge in [0.05, 0.1) is 17.1 Å². The number of benzene rings is 3. The van der Waals surface area contributed by atoms with Gasteiger partial charge in [0.25, 0.3) is 0 Å². The molecule has 5 nitrogen and oxygen atoms in total. The van der Waals surface area contributed by atoms with Gasteiger partial charge in [0, 0.05) is 65.0 Å². The first-order chi connectivity index (χ1) is 21.4. The van der Waals surface area contributed by atoms with Gasteiger partial charge in [-0.05, 0) is 37.8 Å². The number of allylic oxidation sites excluding steroid dienone is 2. The molecule has 0 amide bonds. The second kappa shape index (κ2) is 13.6. The average Bonchev–Trinajstić information content (AvgIpc) is 3.57. The Morgan fingerprint density at radius 1 is 0.935 bits per heavy atom. The minimum absolute atomic E-state index is 0. The monoisotopic (exact) mass is 794 g/mol. The molecule has 0 saturated carbocycles. The van der Waals surface area contributed by atoms with E-state index in [0.717, 1.165) is 59.1 Å². The Bertz CT molecular complexity index is 1890. The van der Waals surface area contributed by atoms with Crippen LogP contribution < -0.4 is 0 Å². The fourth-order valence-corrected chi connectivity index (χ4v) is 6.18. The quantitative estimate of drug-likeness (QED) is 0.0962. The Kier molecular flexibility index (Phi) is 10.4. The number of para-hydroxylation sites is 2. The third-order valence-electron chi connectivity index (χ3n) is 10.4. The number of hydrogen-bond acceptors (Lipinski definition) is 5. The van der Waals surface area contributed by atoms with Crippen LogP contribution >= 0.6 is 0 Å². The predicted octanol–water partition coefficient (Wildman–Crippen LogP) is 10.8. The van der Waals surface area contributed by atoms with E-state index in [4.69, 9.17) is 9.40 Å². The van der Waals surface area contributed by atoms with Crippen LogP contribution in [0.15, 0.2) is 83.1 Å². The van der Waals surface area contributed by atoms with Crippen molar-refractivity contribution in [2.45, 2.75) is 86.5 Å². The van der Waals surface area contributed by atoms with Gasteiger partial charge in [-0.1, -0.05) is 103 Å². The SMILES string of the molecule is CC1(C)c2cc[c-]c(-c3ncc4ccccc4n3)c2-c2oc3ccccc3c21.CCC(C)(CC)C(=O)/C=C(\O)C(C)(CC)CC.[Ir]. The molecule has 0 unspecified atom stereocenters. The van der Waals surface area contributed by atoms with Crippen molar-refractivity contribution >= 4 is 27.7 Å². The molecule has 0 bridgehead atoms. The average molecular weight is 794 g/mol. The first-order valence-electron chi connectivity index (χ1n) is 16.2. The summed E-state index contributed by atoms with van der Waals surface area (Å²) < 4.78 is 6.35. The van der Waals surface area contributed by atoms with Crippen molar-refractivity contribution in [1.29, 1.82) is 0 Å². The van der Waals surface area contributed by atoms with Crippen LogP contribution in [0, 0.1) is 16.9 Å². The predicted molar refractivity (Wildman–Crippen MR) is 184 cm³/mol. The van der Waals surface area contributed by atoms with E-state index < -0.39 is 0 Å². The van der Waals surface area contributed by atoms with E-state index in [1.54, 1.807) is 0 Å². The number of aliphatic hydroxyl groups is 1. The van der Waals surface area contributed by atoms with Crippen molar-refractivity contribution in [3.8, 4) is 22.7 Å². The largest absolute Gasteiger partial charge is 0.512 e. The molecule has 1 aliphatic rings. The van der Waals surface area contributed by atoms with Gasteiger partial charge < -0.3 is 9.52 Å². The molecule has 1 aliphatic carbocycles. The number of rotatable bonds is 8. The van der Waals surface area contributed by atoms with E-state index in [0.29, 0.717) is 5.82 Å². The molecule has 46 heavy (non-hydrogen) atoms. The number of carbonyl (C=O) groups excluding carboxylic acids is 1. The fourth-order valence-electron chi connectivity index (χ4n) is 6.18. The summed E-state index contributed by atoms with van der Waals surface area (Å²) in [4.78, 5) is 21.6. The molecule has 2 heterocycles. The summed E-state index contributed by atoms with van der Waals surface area (Å²) in [7, 11) is 0. The normalized spacial score (nSPS) is 13.9. The van der Waals surface area contributed by atoms with Gasteiger partial charge >= 0.3 is 0 Å². The first kappa shape index (κ1) is 35.3. The summed E-state index contributed by atoms with van der Waals surface area (Å²) in [5, 5.41) is 12.3. The van der Waals surface area contributed by atoms with Crippen LogP contribution in [0.25, 0.3) is 44.6 Å². The van der Waals surface area contributed by atoms with Crippen molar-refractivity contribution in [2.24, 2.45) is 10.8 Å². The molecule has 1 N–H and O–H groups in total. The van der Waals surface area contributed by atoms with E-state index in [1.165, 1.54) is 22.6 Å². The van der Waals surface area contributed by atoms with Gasteiger partial charge in [0.2, 0.25) is 0 Å². The molecule has 0 fully saturated rings. The zero-order valence-corrected chi connectivity index (χ0v) is 30.6. The van der Waals surface area contributed by atoms with Gasteiger partial charge in [0.15, 0.2) is 5.78 Å². The topological polar surface area (TPSA) is 76.2 Å². The Balaban J connectivity index is 0.000000234. The number of fused-ring (bicyclic) bond motifs is 6. The minimum atomic E-state index is -0.337. The van der Waals surface area contributed by atoms with Crippen LogP contribution in [0.1, 0.15) is 92.2 Å². The fraction of sp³-hybridized carbons (Fsp3) is 0.375. The van der Waals surface area contributed by atoms with Crippen molar-refractivity contribution in [2.75, 3.05) is 0 Å². The van der Waals surface area contributed by atoms with E-state index in [1.807, 2.05) is 90.2 Å². The Hall–Kier alpha value is -3.60. The molecule has 2 aromatic heterocycles. The number of aromatic nitrogens is 2. The Morgan fingerprint density at radius 3 is 2.24 bits per heavy atom. The maximum absolute atomic E-state index is 12.2. The molecule has 5 aromatic rings. The van der Waals surface area contributed by atoms with Gasteiger partial charge in [-0.15, -0.1) is 23.8 Å². The molecule has 3 aromatic carbocycles. The Labute approximate surface area is 286 Å². The smallest absolute Gasteiger partial charge is 0.164 e. The zero-order chi connectivity index (χ0) is 32.6. The molecule has 0 atom stereocenters. The summed E-state index contributed by atoms with van der Waals surface area (Å²) in [5.41, 5.74) is 5.52. The first-order valence-corrected chi connectivity index (χ1v) is 16.2. The van der Waals surface area contributed by atoms with Crippen LogP contribution in [0.4, 0.5) is 0 Å². The third-order valence-corrected chi connectivity index (χ3v) is 10.4. The molecule has 6 heteroatoms. The summed E-state index contributed by atoms with van der Waals surface area (Å²) in [6.07, 6.45) is 6.63. The van der Waals surface area contributed by atoms with Gasteiger partial charge in [-0.25, -0.2) is 0 Å². The maximum atomic E-state index is 12.2. The molecule has 243 valence electrons. The molecular formula is C40H45IrN2O3-. The summed E-state index contributed by atoms with van der Waals surface area (Å²) in [5.74, 6) is 1.89. The van der Waals surface area contributed by atoms with E-state index in [-0.39, 0.29) is 47.9 Å². The summed E-state index contributed by atoms with van der Waals surface area (Å²) >= 11 is 0. The van der Waals surface area contributed by atoms with Crippen LogP contribution in [-0.4, -0.2) is 20.9 Å². The summed E-state index contributed by atoms with van der Waals surface area (Å²) in [6, 6.07) is 23.8. The summed E-state index contributed by atoms with van der Waals surface area (Å²) in [6.45, 7) is 16.6. The second-order valence-corrected chi connectivity index (χ2v) is 13.3. The molecule has 0 aliphatic heterocycles. The number of furan rings is 1. The standard InChI is InChI=1S/C25H17N2O.C15H28O2.Ir/c1-25(2)18-11-7-10-17(24-26-14-15-8-3-5-12-19(15)27-24)21(18)23-22(25)16-9-4-6-13-20(16)28-23;1-7-14(5,8-2)12(16)11-13(17)15(6,9-3)10-4;/h3-9,11-14H,1-2H3;11,16H,7-10H2,1-6H3;/q-1;;/b;12-11-;. The number of hydrogen-bond donors (Lipinski definition) is 1. The van der Waals surface area contributed by atoms with Crippen LogP contribution in [0.2, 0.25) is 0 Å². The van der Waals surface area contributed by atoms with Gasteiger partial charge in [-0.2, -0.15) is 0 Å². The van der Waals surface area contributed by atoms with E-state index >= 15 is 0 Å². The molecular weight excluding hydrogens is 749 g/mol. The third kappa shape index (κ3) is 6.10. The second-order valence-electron chi connectivity index (χ2n) is 13.3. The van der Waals surface area contributed by atoms with Crippen molar-refractivity contribution in [3.05, 3.63) is 95.9 Å². The molecule has 0 saturated heterocycles. The van der Waals surface area contributed by atoms with Gasteiger partial charge in [0.1, 0.15) is 11.3 Å². The number of nitrogens with zero attached hydrogens (tertiary/aromatic N) is 2. The van der Waals surface area contributed by atoms with E-state index in [2.05, 4.69) is 43.1 Å².